The molecule has 0 saturated carbocycles. The molecular formula is C40H42LiO4P. The summed E-state index contributed by atoms with van der Waals surface area (Å²) in [5, 5.41) is 0.734. The summed E-state index contributed by atoms with van der Waals surface area (Å²) >= 11 is 0. The van der Waals surface area contributed by atoms with Crippen LogP contribution in [0.25, 0.3) is 0 Å². The molecule has 0 saturated heterocycles. The first kappa shape index (κ1) is 35.1. The SMILES string of the molecule is Cc1cc(C(C)(C)C)cc(C)c1C(=O)Pc1c(OCc2ccccc2)cc(OCc2ccccc2)cc1OCc1ccccc1.[LiH]. The van der Waals surface area contributed by atoms with Gasteiger partial charge >= 0.3 is 18.9 Å². The van der Waals surface area contributed by atoms with Crippen LogP contribution in [0.15, 0.2) is 115 Å². The summed E-state index contributed by atoms with van der Waals surface area (Å²) in [6, 6.07) is 38.1. The second kappa shape index (κ2) is 16.2. The Kier molecular flexibility index (Phi) is 12.3. The van der Waals surface area contributed by atoms with Crippen LogP contribution in [0.4, 0.5) is 0 Å². The molecule has 0 aliphatic heterocycles. The van der Waals surface area contributed by atoms with Crippen LogP contribution in [0.3, 0.4) is 0 Å². The number of carbonyl (C=O) groups is 1. The zero-order valence-electron chi connectivity index (χ0n) is 26.7. The summed E-state index contributed by atoms with van der Waals surface area (Å²) in [5.74, 6) is 1.79. The van der Waals surface area contributed by atoms with Crippen LogP contribution in [-0.4, -0.2) is 24.4 Å². The van der Waals surface area contributed by atoms with Crippen molar-refractivity contribution in [3.8, 4) is 17.2 Å². The Morgan fingerprint density at radius 1 is 0.609 bits per heavy atom. The Balaban J connectivity index is 0.00000480. The topological polar surface area (TPSA) is 44.8 Å². The van der Waals surface area contributed by atoms with Gasteiger partial charge in [-0.2, -0.15) is 0 Å². The van der Waals surface area contributed by atoms with Gasteiger partial charge < -0.3 is 14.2 Å². The van der Waals surface area contributed by atoms with Gasteiger partial charge in [0.05, 0.1) is 5.30 Å². The predicted octanol–water partition coefficient (Wildman–Crippen LogP) is 8.83. The number of hydrogen-bond donors (Lipinski definition) is 0. The number of carbonyl (C=O) groups excluding carboxylic acids is 1. The molecule has 0 heterocycles. The fourth-order valence-corrected chi connectivity index (χ4v) is 6.42. The van der Waals surface area contributed by atoms with E-state index in [1.54, 1.807) is 0 Å². The average Bonchev–Trinajstić information content (AvgIpc) is 3.03. The Bertz CT molecular complexity index is 1650. The van der Waals surface area contributed by atoms with E-state index in [1.165, 1.54) is 5.56 Å². The summed E-state index contributed by atoms with van der Waals surface area (Å²) in [5.41, 5.74) is 7.11. The summed E-state index contributed by atoms with van der Waals surface area (Å²) in [7, 11) is -0.209. The van der Waals surface area contributed by atoms with Gasteiger partial charge in [0, 0.05) is 17.7 Å². The fourth-order valence-electron chi connectivity index (χ4n) is 5.14. The Morgan fingerprint density at radius 3 is 1.39 bits per heavy atom. The van der Waals surface area contributed by atoms with Gasteiger partial charge in [0.25, 0.3) is 0 Å². The molecule has 4 nitrogen and oxygen atoms in total. The van der Waals surface area contributed by atoms with Crippen LogP contribution in [-0.2, 0) is 25.2 Å². The molecule has 5 aromatic carbocycles. The van der Waals surface area contributed by atoms with Crippen LogP contribution in [0.1, 0.15) is 64.5 Å². The maximum atomic E-state index is 14.1. The van der Waals surface area contributed by atoms with Crippen molar-refractivity contribution in [2.45, 2.75) is 59.9 Å². The van der Waals surface area contributed by atoms with E-state index in [4.69, 9.17) is 14.2 Å². The Hall–Kier alpha value is -3.80. The Labute approximate surface area is 287 Å². The van der Waals surface area contributed by atoms with Crippen LogP contribution < -0.4 is 19.5 Å². The molecule has 0 bridgehead atoms. The number of aryl methyl sites for hydroxylation is 2. The standard InChI is InChI=1S/C40H41O4P.Li.H/c1-28-21-33(40(3,4)5)22-29(2)37(28)39(41)45-38-35(43-26-31-17-11-7-12-18-31)23-34(42-25-30-15-9-6-10-16-30)24-36(38)44-27-32-19-13-8-14-20-32;;/h6-24,45H,25-27H2,1-5H3;;. The predicted molar refractivity (Wildman–Crippen MR) is 193 cm³/mol. The fraction of sp³-hybridized carbons (Fsp3) is 0.225. The molecule has 5 aromatic rings. The molecule has 0 radical (unpaired) electrons. The molecule has 0 fully saturated rings. The second-order valence-corrected chi connectivity index (χ2v) is 13.5. The van der Waals surface area contributed by atoms with Gasteiger partial charge in [-0.15, -0.1) is 0 Å². The zero-order valence-corrected chi connectivity index (χ0v) is 27.7. The molecule has 0 aliphatic carbocycles. The molecule has 0 aliphatic rings. The van der Waals surface area contributed by atoms with Crippen molar-refractivity contribution in [3.63, 3.8) is 0 Å². The van der Waals surface area contributed by atoms with Crippen molar-refractivity contribution in [3.05, 3.63) is 154 Å². The van der Waals surface area contributed by atoms with E-state index in [9.17, 15) is 4.79 Å². The summed E-state index contributed by atoms with van der Waals surface area (Å²) in [4.78, 5) is 14.1. The molecule has 0 aromatic heterocycles. The van der Waals surface area contributed by atoms with Crippen molar-refractivity contribution >= 4 is 38.3 Å². The second-order valence-electron chi connectivity index (χ2n) is 12.3. The van der Waals surface area contributed by atoms with E-state index < -0.39 is 0 Å². The Morgan fingerprint density at radius 2 is 1.00 bits per heavy atom. The number of rotatable bonds is 12. The van der Waals surface area contributed by atoms with Crippen molar-refractivity contribution in [2.75, 3.05) is 0 Å². The van der Waals surface area contributed by atoms with Crippen LogP contribution in [0.5, 0.6) is 17.2 Å². The summed E-state index contributed by atoms with van der Waals surface area (Å²) < 4.78 is 19.2. The van der Waals surface area contributed by atoms with Gasteiger partial charge in [0.2, 0.25) is 0 Å². The minimum absolute atomic E-state index is 0. The van der Waals surface area contributed by atoms with Gasteiger partial charge in [0.1, 0.15) is 37.1 Å². The molecule has 0 amide bonds. The minimum atomic E-state index is -0.209. The van der Waals surface area contributed by atoms with Crippen LogP contribution >= 0.6 is 8.58 Å². The first-order chi connectivity index (χ1) is 21.7. The number of hydrogen-bond acceptors (Lipinski definition) is 4. The van der Waals surface area contributed by atoms with E-state index in [0.717, 1.165) is 38.7 Å². The molecule has 1 atom stereocenters. The quantitative estimate of drug-likeness (QED) is 0.103. The average molecular weight is 625 g/mol. The molecule has 6 heteroatoms. The molecule has 5 rings (SSSR count). The first-order valence-corrected chi connectivity index (χ1v) is 16.3. The molecule has 1 unspecified atom stereocenters. The third-order valence-electron chi connectivity index (χ3n) is 7.63. The van der Waals surface area contributed by atoms with E-state index >= 15 is 0 Å². The van der Waals surface area contributed by atoms with Crippen molar-refractivity contribution in [1.82, 2.24) is 0 Å². The van der Waals surface area contributed by atoms with E-state index in [-0.39, 0.29) is 38.4 Å². The summed E-state index contributed by atoms with van der Waals surface area (Å²) in [6.07, 6.45) is 0. The van der Waals surface area contributed by atoms with E-state index in [2.05, 4.69) is 32.9 Å². The third kappa shape index (κ3) is 9.37. The van der Waals surface area contributed by atoms with Gasteiger partial charge in [-0.25, -0.2) is 0 Å². The van der Waals surface area contributed by atoms with E-state index in [1.807, 2.05) is 117 Å². The molecule has 46 heavy (non-hydrogen) atoms. The number of ether oxygens (including phenoxy) is 3. The van der Waals surface area contributed by atoms with Crippen molar-refractivity contribution in [2.24, 2.45) is 0 Å². The number of benzene rings is 5. The van der Waals surface area contributed by atoms with Gasteiger partial charge in [0.15, 0.2) is 5.52 Å². The van der Waals surface area contributed by atoms with E-state index in [0.29, 0.717) is 37.1 Å². The molecule has 232 valence electrons. The zero-order chi connectivity index (χ0) is 31.8. The maximum absolute atomic E-state index is 14.1. The molecule has 0 N–H and O–H groups in total. The molecular weight excluding hydrogens is 582 g/mol. The monoisotopic (exact) mass is 624 g/mol. The van der Waals surface area contributed by atoms with Crippen molar-refractivity contribution < 1.29 is 19.0 Å². The summed E-state index contributed by atoms with van der Waals surface area (Å²) in [6.45, 7) is 11.7. The van der Waals surface area contributed by atoms with Crippen LogP contribution in [0, 0.1) is 13.8 Å². The van der Waals surface area contributed by atoms with Gasteiger partial charge in [-0.05, 0) is 61.2 Å². The van der Waals surface area contributed by atoms with Crippen LogP contribution in [0.2, 0.25) is 0 Å². The first-order valence-electron chi connectivity index (χ1n) is 15.3. The van der Waals surface area contributed by atoms with Gasteiger partial charge in [-0.3, -0.25) is 4.79 Å². The van der Waals surface area contributed by atoms with Crippen molar-refractivity contribution in [1.29, 1.82) is 0 Å². The molecule has 0 spiro atoms. The van der Waals surface area contributed by atoms with Gasteiger partial charge in [-0.1, -0.05) is 124 Å². The normalized spacial score (nSPS) is 11.2. The third-order valence-corrected chi connectivity index (χ3v) is 8.85.